The molecular weight excluding hydrogens is 222 g/mol. The van der Waals surface area contributed by atoms with E-state index in [1.165, 1.54) is 14.0 Å². The van der Waals surface area contributed by atoms with Crippen molar-refractivity contribution in [3.05, 3.63) is 29.8 Å². The molecule has 1 atom stereocenters. The predicted octanol–water partition coefficient (Wildman–Crippen LogP) is 0.941. The van der Waals surface area contributed by atoms with Crippen molar-refractivity contribution >= 4 is 11.8 Å². The number of hydrogen-bond donors (Lipinski definition) is 2. The van der Waals surface area contributed by atoms with Crippen LogP contribution < -0.4 is 10.1 Å². The van der Waals surface area contributed by atoms with Crippen molar-refractivity contribution < 1.29 is 19.4 Å². The maximum absolute atomic E-state index is 11.7. The minimum Gasteiger partial charge on any atom is -0.497 e. The first kappa shape index (κ1) is 13.2. The largest absolute Gasteiger partial charge is 0.497 e. The van der Waals surface area contributed by atoms with Gasteiger partial charge in [-0.3, -0.25) is 14.9 Å². The molecule has 0 amide bonds. The predicted molar refractivity (Wildman–Crippen MR) is 62.4 cm³/mol. The Balaban J connectivity index is 2.60. The molecule has 1 aromatic carbocycles. The van der Waals surface area contributed by atoms with Crippen LogP contribution in [0.4, 0.5) is 0 Å². The number of benzene rings is 1. The van der Waals surface area contributed by atoms with Gasteiger partial charge in [0.2, 0.25) is 0 Å². The number of carboxylic acids is 1. The third kappa shape index (κ3) is 3.88. The van der Waals surface area contributed by atoms with Gasteiger partial charge in [-0.1, -0.05) is 12.1 Å². The Kier molecular flexibility index (Phi) is 4.66. The highest BCUT2D eigenvalue weighted by molar-refractivity contribution is 5.98. The Labute approximate surface area is 99.4 Å². The van der Waals surface area contributed by atoms with Crippen LogP contribution in [0.15, 0.2) is 24.3 Å². The first-order valence-electron chi connectivity index (χ1n) is 5.18. The van der Waals surface area contributed by atoms with Gasteiger partial charge < -0.3 is 9.84 Å². The highest BCUT2D eigenvalue weighted by atomic mass is 16.5. The van der Waals surface area contributed by atoms with Crippen LogP contribution in [0.1, 0.15) is 17.3 Å². The second-order valence-electron chi connectivity index (χ2n) is 3.60. The van der Waals surface area contributed by atoms with E-state index < -0.39 is 12.0 Å². The first-order chi connectivity index (χ1) is 8.04. The topological polar surface area (TPSA) is 75.6 Å². The summed E-state index contributed by atoms with van der Waals surface area (Å²) in [5.41, 5.74) is 0.495. The van der Waals surface area contributed by atoms with E-state index in [9.17, 15) is 9.59 Å². The number of carbonyl (C=O) groups is 2. The number of hydrogen-bond acceptors (Lipinski definition) is 4. The Morgan fingerprint density at radius 2 is 2.18 bits per heavy atom. The highest BCUT2D eigenvalue weighted by Crippen LogP contribution is 2.12. The molecule has 0 fully saturated rings. The molecule has 5 heteroatoms. The van der Waals surface area contributed by atoms with Gasteiger partial charge in [0, 0.05) is 5.56 Å². The zero-order chi connectivity index (χ0) is 12.8. The van der Waals surface area contributed by atoms with Crippen molar-refractivity contribution in [1.29, 1.82) is 0 Å². The lowest BCUT2D eigenvalue weighted by molar-refractivity contribution is -0.138. The molecule has 0 aliphatic carbocycles. The standard InChI is InChI=1S/C12H15NO4/c1-8(12(15)16)13-7-11(14)9-4-3-5-10(6-9)17-2/h3-6,8,13H,7H2,1-2H3,(H,15,16). The van der Waals surface area contributed by atoms with Crippen LogP contribution in [-0.2, 0) is 4.79 Å². The second-order valence-corrected chi connectivity index (χ2v) is 3.60. The van der Waals surface area contributed by atoms with Crippen molar-refractivity contribution in [2.45, 2.75) is 13.0 Å². The van der Waals surface area contributed by atoms with Crippen molar-refractivity contribution in [1.82, 2.24) is 5.32 Å². The number of methoxy groups -OCH3 is 1. The summed E-state index contributed by atoms with van der Waals surface area (Å²) < 4.78 is 5.00. The van der Waals surface area contributed by atoms with Gasteiger partial charge in [-0.2, -0.15) is 0 Å². The molecule has 5 nitrogen and oxygen atoms in total. The summed E-state index contributed by atoms with van der Waals surface area (Å²) in [5, 5.41) is 11.3. The van der Waals surface area contributed by atoms with Gasteiger partial charge in [-0.05, 0) is 19.1 Å². The molecule has 92 valence electrons. The molecule has 0 heterocycles. The zero-order valence-corrected chi connectivity index (χ0v) is 9.77. The number of carbonyl (C=O) groups excluding carboxylic acids is 1. The van der Waals surface area contributed by atoms with Gasteiger partial charge >= 0.3 is 5.97 Å². The van der Waals surface area contributed by atoms with E-state index >= 15 is 0 Å². The van der Waals surface area contributed by atoms with Crippen molar-refractivity contribution in [3.63, 3.8) is 0 Å². The Morgan fingerprint density at radius 1 is 1.47 bits per heavy atom. The van der Waals surface area contributed by atoms with Crippen LogP contribution in [0, 0.1) is 0 Å². The first-order valence-corrected chi connectivity index (χ1v) is 5.18. The number of ketones is 1. The molecule has 0 bridgehead atoms. The van der Waals surface area contributed by atoms with E-state index in [0.29, 0.717) is 11.3 Å². The minimum atomic E-state index is -0.983. The maximum Gasteiger partial charge on any atom is 0.320 e. The molecule has 0 spiro atoms. The van der Waals surface area contributed by atoms with Crippen LogP contribution in [0.25, 0.3) is 0 Å². The number of nitrogens with one attached hydrogen (secondary N) is 1. The van der Waals surface area contributed by atoms with Gasteiger partial charge in [-0.15, -0.1) is 0 Å². The molecule has 1 unspecified atom stereocenters. The van der Waals surface area contributed by atoms with Crippen LogP contribution in [0.5, 0.6) is 5.75 Å². The molecule has 0 radical (unpaired) electrons. The zero-order valence-electron chi connectivity index (χ0n) is 9.77. The fourth-order valence-electron chi connectivity index (χ4n) is 1.23. The number of ether oxygens (including phenoxy) is 1. The van der Waals surface area contributed by atoms with E-state index in [2.05, 4.69) is 5.32 Å². The monoisotopic (exact) mass is 237 g/mol. The van der Waals surface area contributed by atoms with Gasteiger partial charge in [0.05, 0.1) is 13.7 Å². The van der Waals surface area contributed by atoms with Gasteiger partial charge in [0.25, 0.3) is 0 Å². The molecule has 0 aromatic heterocycles. The Morgan fingerprint density at radius 3 is 2.76 bits per heavy atom. The van der Waals surface area contributed by atoms with Crippen molar-refractivity contribution in [2.24, 2.45) is 0 Å². The van der Waals surface area contributed by atoms with E-state index in [4.69, 9.17) is 9.84 Å². The van der Waals surface area contributed by atoms with Crippen LogP contribution in [0.3, 0.4) is 0 Å². The summed E-state index contributed by atoms with van der Waals surface area (Å²) in [5.74, 6) is -0.553. The van der Waals surface area contributed by atoms with Gasteiger partial charge in [0.15, 0.2) is 5.78 Å². The minimum absolute atomic E-state index is 0.0133. The fraction of sp³-hybridized carbons (Fsp3) is 0.333. The van der Waals surface area contributed by atoms with Crippen molar-refractivity contribution in [2.75, 3.05) is 13.7 Å². The van der Waals surface area contributed by atoms with E-state index in [1.54, 1.807) is 24.3 Å². The maximum atomic E-state index is 11.7. The third-order valence-electron chi connectivity index (χ3n) is 2.33. The fourth-order valence-corrected chi connectivity index (χ4v) is 1.23. The summed E-state index contributed by atoms with van der Waals surface area (Å²) in [6.07, 6.45) is 0. The summed E-state index contributed by atoms with van der Waals surface area (Å²) >= 11 is 0. The SMILES string of the molecule is COc1cccc(C(=O)CNC(C)C(=O)O)c1. The van der Waals surface area contributed by atoms with Gasteiger partial charge in [0.1, 0.15) is 11.8 Å². The Hall–Kier alpha value is -1.88. The summed E-state index contributed by atoms with van der Waals surface area (Å²) in [7, 11) is 1.52. The van der Waals surface area contributed by atoms with Crippen molar-refractivity contribution in [3.8, 4) is 5.75 Å². The number of carboxylic acid groups (broad SMARTS) is 1. The molecule has 0 aliphatic rings. The summed E-state index contributed by atoms with van der Waals surface area (Å²) in [4.78, 5) is 22.3. The molecule has 0 aliphatic heterocycles. The lowest BCUT2D eigenvalue weighted by Crippen LogP contribution is -2.37. The van der Waals surface area contributed by atoms with Crippen LogP contribution in [-0.4, -0.2) is 36.6 Å². The number of Topliss-reactive ketones (excluding diaryl/α,β-unsaturated/α-hetero) is 1. The molecular formula is C12H15NO4. The second kappa shape index (κ2) is 6.00. The molecule has 1 rings (SSSR count). The molecule has 1 aromatic rings. The van der Waals surface area contributed by atoms with E-state index in [0.717, 1.165) is 0 Å². The quantitative estimate of drug-likeness (QED) is 0.720. The number of rotatable bonds is 6. The lowest BCUT2D eigenvalue weighted by Gasteiger charge is -2.08. The average Bonchev–Trinajstić information content (AvgIpc) is 2.35. The van der Waals surface area contributed by atoms with Crippen LogP contribution >= 0.6 is 0 Å². The van der Waals surface area contributed by atoms with Crippen LogP contribution in [0.2, 0.25) is 0 Å². The summed E-state index contributed by atoms with van der Waals surface area (Å²) in [6, 6.07) is 5.99. The lowest BCUT2D eigenvalue weighted by atomic mass is 10.1. The number of aliphatic carboxylic acids is 1. The third-order valence-corrected chi connectivity index (χ3v) is 2.33. The van der Waals surface area contributed by atoms with Gasteiger partial charge in [-0.25, -0.2) is 0 Å². The molecule has 2 N–H and O–H groups in total. The van der Waals surface area contributed by atoms with E-state index in [1.807, 2.05) is 0 Å². The molecule has 0 saturated heterocycles. The Bertz CT molecular complexity index is 417. The molecule has 17 heavy (non-hydrogen) atoms. The molecule has 0 saturated carbocycles. The normalized spacial score (nSPS) is 11.9. The van der Waals surface area contributed by atoms with E-state index in [-0.39, 0.29) is 12.3 Å². The smallest absolute Gasteiger partial charge is 0.320 e. The highest BCUT2D eigenvalue weighted by Gasteiger charge is 2.13. The average molecular weight is 237 g/mol. The summed E-state index contributed by atoms with van der Waals surface area (Å²) in [6.45, 7) is 1.47.